The van der Waals surface area contributed by atoms with Crippen LogP contribution in [0.25, 0.3) is 11.2 Å². The number of piperidine rings is 1. The van der Waals surface area contributed by atoms with Crippen LogP contribution in [0.2, 0.25) is 0 Å². The molecule has 4 heterocycles. The molecule has 2 fully saturated rings. The van der Waals surface area contributed by atoms with Gasteiger partial charge >= 0.3 is 0 Å². The van der Waals surface area contributed by atoms with Crippen LogP contribution in [0.15, 0.2) is 42.6 Å². The SMILES string of the molecule is CCC[C@H](c1nc2cc(CN3CCC(c4ccccc4)(N(C)C)CC3)cnc2n1CCC)N1CCNCC1. The number of nitrogens with zero attached hydrogens (tertiary/aromatic N) is 6. The highest BCUT2D eigenvalue weighted by atomic mass is 15.3. The van der Waals surface area contributed by atoms with Crippen molar-refractivity contribution in [2.75, 3.05) is 53.4 Å². The molecule has 0 radical (unpaired) electrons. The van der Waals surface area contributed by atoms with E-state index in [-0.39, 0.29) is 5.54 Å². The molecule has 0 amide bonds. The van der Waals surface area contributed by atoms with Gasteiger partial charge < -0.3 is 9.88 Å². The first-order valence-corrected chi connectivity index (χ1v) is 14.8. The topological polar surface area (TPSA) is 52.5 Å². The zero-order valence-electron chi connectivity index (χ0n) is 24.0. The van der Waals surface area contributed by atoms with Crippen LogP contribution in [-0.4, -0.2) is 82.6 Å². The third kappa shape index (κ3) is 5.53. The Kier molecular flexibility index (Phi) is 8.78. The number of aromatic nitrogens is 3. The van der Waals surface area contributed by atoms with E-state index < -0.39 is 0 Å². The Labute approximate surface area is 229 Å². The second-order valence-electron chi connectivity index (χ2n) is 11.5. The highest BCUT2D eigenvalue weighted by Crippen LogP contribution is 2.37. The van der Waals surface area contributed by atoms with Crippen LogP contribution in [-0.2, 0) is 18.6 Å². The maximum atomic E-state index is 5.28. The lowest BCUT2D eigenvalue weighted by molar-refractivity contribution is 0.0507. The van der Waals surface area contributed by atoms with Gasteiger partial charge in [-0.3, -0.25) is 14.7 Å². The molecule has 7 nitrogen and oxygen atoms in total. The van der Waals surface area contributed by atoms with Gasteiger partial charge in [0.05, 0.1) is 6.04 Å². The van der Waals surface area contributed by atoms with Crippen molar-refractivity contribution in [3.63, 3.8) is 0 Å². The maximum Gasteiger partial charge on any atom is 0.160 e. The quantitative estimate of drug-likeness (QED) is 0.423. The number of rotatable bonds is 10. The molecule has 1 aromatic carbocycles. The summed E-state index contributed by atoms with van der Waals surface area (Å²) in [6, 6.07) is 13.7. The van der Waals surface area contributed by atoms with E-state index >= 15 is 0 Å². The largest absolute Gasteiger partial charge is 0.314 e. The number of piperazine rings is 1. The Hall–Kier alpha value is -2.32. The van der Waals surface area contributed by atoms with Gasteiger partial charge in [-0.25, -0.2) is 9.97 Å². The van der Waals surface area contributed by atoms with Gasteiger partial charge in [0.25, 0.3) is 0 Å². The number of benzene rings is 1. The highest BCUT2D eigenvalue weighted by molar-refractivity contribution is 5.72. The predicted molar refractivity (Wildman–Crippen MR) is 156 cm³/mol. The number of aryl methyl sites for hydroxylation is 1. The fourth-order valence-corrected chi connectivity index (χ4v) is 6.68. The molecule has 0 bridgehead atoms. The summed E-state index contributed by atoms with van der Waals surface area (Å²) >= 11 is 0. The number of pyridine rings is 1. The van der Waals surface area contributed by atoms with Crippen molar-refractivity contribution in [1.82, 2.24) is 34.6 Å². The Bertz CT molecular complexity index is 1160. The number of hydrogen-bond donors (Lipinski definition) is 1. The summed E-state index contributed by atoms with van der Waals surface area (Å²) in [6.45, 7) is 12.9. The first-order chi connectivity index (χ1) is 18.6. The minimum absolute atomic E-state index is 0.117. The number of nitrogens with one attached hydrogen (secondary N) is 1. The predicted octanol–water partition coefficient (Wildman–Crippen LogP) is 4.64. The van der Waals surface area contributed by atoms with E-state index in [0.717, 1.165) is 95.6 Å². The molecular formula is C31H47N7. The first kappa shape index (κ1) is 27.3. The highest BCUT2D eigenvalue weighted by Gasteiger charge is 2.38. The van der Waals surface area contributed by atoms with Crippen LogP contribution < -0.4 is 5.32 Å². The lowest BCUT2D eigenvalue weighted by atomic mass is 9.79. The molecule has 5 rings (SSSR count). The summed E-state index contributed by atoms with van der Waals surface area (Å²) in [6.07, 6.45) is 7.77. The zero-order chi connectivity index (χ0) is 26.5. The summed E-state index contributed by atoms with van der Waals surface area (Å²) in [5.41, 5.74) is 4.94. The summed E-state index contributed by atoms with van der Waals surface area (Å²) in [5, 5.41) is 3.51. The Morgan fingerprint density at radius 2 is 1.74 bits per heavy atom. The molecule has 206 valence electrons. The van der Waals surface area contributed by atoms with Crippen molar-refractivity contribution in [1.29, 1.82) is 0 Å². The summed E-state index contributed by atoms with van der Waals surface area (Å²) in [4.78, 5) is 17.9. The molecule has 3 aromatic rings. The first-order valence-electron chi connectivity index (χ1n) is 14.8. The number of imidazole rings is 1. The third-order valence-corrected chi connectivity index (χ3v) is 8.83. The molecule has 2 aliphatic heterocycles. The smallest absolute Gasteiger partial charge is 0.160 e. The van der Waals surface area contributed by atoms with Gasteiger partial charge in [-0.05, 0) is 57.0 Å². The van der Waals surface area contributed by atoms with Crippen molar-refractivity contribution in [2.45, 2.75) is 70.6 Å². The van der Waals surface area contributed by atoms with E-state index in [4.69, 9.17) is 9.97 Å². The molecule has 2 aromatic heterocycles. The van der Waals surface area contributed by atoms with E-state index in [9.17, 15) is 0 Å². The average Bonchev–Trinajstić information content (AvgIpc) is 3.30. The molecule has 0 unspecified atom stereocenters. The van der Waals surface area contributed by atoms with Gasteiger partial charge in [0.2, 0.25) is 0 Å². The normalized spacial score (nSPS) is 19.8. The molecule has 38 heavy (non-hydrogen) atoms. The second kappa shape index (κ2) is 12.2. The van der Waals surface area contributed by atoms with Crippen LogP contribution >= 0.6 is 0 Å². The Morgan fingerprint density at radius 3 is 2.39 bits per heavy atom. The molecular weight excluding hydrogens is 470 g/mol. The Morgan fingerprint density at radius 1 is 1.00 bits per heavy atom. The van der Waals surface area contributed by atoms with Crippen LogP contribution in [0, 0.1) is 0 Å². The summed E-state index contributed by atoms with van der Waals surface area (Å²) in [7, 11) is 4.47. The van der Waals surface area contributed by atoms with E-state index in [2.05, 4.69) is 95.1 Å². The van der Waals surface area contributed by atoms with Gasteiger partial charge in [0, 0.05) is 64.1 Å². The van der Waals surface area contributed by atoms with Gasteiger partial charge in [-0.2, -0.15) is 0 Å². The van der Waals surface area contributed by atoms with E-state index in [1.54, 1.807) is 0 Å². The maximum absolute atomic E-state index is 5.28. The van der Waals surface area contributed by atoms with Crippen molar-refractivity contribution in [3.05, 3.63) is 59.5 Å². The molecule has 0 aliphatic carbocycles. The molecule has 0 spiro atoms. The molecule has 0 saturated carbocycles. The molecule has 2 aliphatic rings. The van der Waals surface area contributed by atoms with Crippen molar-refractivity contribution in [3.8, 4) is 0 Å². The van der Waals surface area contributed by atoms with Gasteiger partial charge in [0.1, 0.15) is 11.3 Å². The van der Waals surface area contributed by atoms with Crippen molar-refractivity contribution < 1.29 is 0 Å². The molecule has 1 N–H and O–H groups in total. The van der Waals surface area contributed by atoms with E-state index in [1.807, 2.05) is 0 Å². The van der Waals surface area contributed by atoms with Gasteiger partial charge in [-0.15, -0.1) is 0 Å². The zero-order valence-corrected chi connectivity index (χ0v) is 24.0. The number of hydrogen-bond acceptors (Lipinski definition) is 6. The summed E-state index contributed by atoms with van der Waals surface area (Å²) < 4.78 is 2.41. The van der Waals surface area contributed by atoms with Gasteiger partial charge in [0.15, 0.2) is 5.65 Å². The second-order valence-corrected chi connectivity index (χ2v) is 11.5. The van der Waals surface area contributed by atoms with Crippen LogP contribution in [0.3, 0.4) is 0 Å². The molecule has 1 atom stereocenters. The lowest BCUT2D eigenvalue weighted by Crippen LogP contribution is -2.50. The van der Waals surface area contributed by atoms with Gasteiger partial charge in [-0.1, -0.05) is 50.6 Å². The fraction of sp³-hybridized carbons (Fsp3) is 0.613. The minimum atomic E-state index is 0.117. The summed E-state index contributed by atoms with van der Waals surface area (Å²) in [5.74, 6) is 1.21. The van der Waals surface area contributed by atoms with Crippen molar-refractivity contribution in [2.24, 2.45) is 0 Å². The molecule has 2 saturated heterocycles. The minimum Gasteiger partial charge on any atom is -0.314 e. The van der Waals surface area contributed by atoms with Crippen molar-refractivity contribution >= 4 is 11.2 Å². The number of likely N-dealkylation sites (tertiary alicyclic amines) is 1. The van der Waals surface area contributed by atoms with E-state index in [1.165, 1.54) is 17.0 Å². The van der Waals surface area contributed by atoms with Crippen LogP contribution in [0.5, 0.6) is 0 Å². The van der Waals surface area contributed by atoms with E-state index in [0.29, 0.717) is 6.04 Å². The van der Waals surface area contributed by atoms with Crippen LogP contribution in [0.4, 0.5) is 0 Å². The molecule has 7 heteroatoms. The monoisotopic (exact) mass is 517 g/mol. The van der Waals surface area contributed by atoms with Crippen LogP contribution in [0.1, 0.15) is 68.9 Å². The lowest BCUT2D eigenvalue weighted by Gasteiger charge is -2.46. The fourth-order valence-electron chi connectivity index (χ4n) is 6.68. The average molecular weight is 518 g/mol. The number of fused-ring (bicyclic) bond motifs is 1. The standard InChI is InChI=1S/C31H47N7/c1-5-10-28(37-20-15-32-16-21-37)30-34-27-22-25(23-33-29(27)38(30)17-6-2)24-36-18-13-31(14-19-36,35(3)4)26-11-8-7-9-12-26/h7-9,11-12,22-23,28,32H,5-6,10,13-21,24H2,1-4H3/t28-/m1/s1. The third-order valence-electron chi connectivity index (χ3n) is 8.83. The Balaban J connectivity index is 1.35.